The van der Waals surface area contributed by atoms with Crippen LogP contribution in [0.25, 0.3) is 17.0 Å². The lowest BCUT2D eigenvalue weighted by Gasteiger charge is -2.11. The number of hydrogen-bond donors (Lipinski definition) is 2. The summed E-state index contributed by atoms with van der Waals surface area (Å²) in [7, 11) is 0. The summed E-state index contributed by atoms with van der Waals surface area (Å²) in [4.78, 5) is 20.9. The van der Waals surface area contributed by atoms with E-state index in [1.165, 1.54) is 23.0 Å². The molecule has 0 saturated carbocycles. The number of nitrogens with two attached hydrogens (primary N) is 1. The molecule has 2 aromatic heterocycles. The number of anilines is 1. The molecule has 0 aliphatic rings. The van der Waals surface area contributed by atoms with E-state index in [0.717, 1.165) is 0 Å². The fourth-order valence-electron chi connectivity index (χ4n) is 2.28. The molecular weight excluding hydrogens is 273 g/mol. The van der Waals surface area contributed by atoms with Gasteiger partial charge in [-0.3, -0.25) is 9.89 Å². The summed E-state index contributed by atoms with van der Waals surface area (Å²) in [6.45, 7) is 3.77. The van der Waals surface area contributed by atoms with Crippen molar-refractivity contribution < 1.29 is 4.39 Å². The predicted octanol–water partition coefficient (Wildman–Crippen LogP) is 1.93. The molecule has 3 rings (SSSR count). The van der Waals surface area contributed by atoms with Crippen molar-refractivity contribution in [2.75, 3.05) is 5.73 Å². The third kappa shape index (κ3) is 2.06. The molecule has 3 aromatic rings. The molecule has 21 heavy (non-hydrogen) atoms. The van der Waals surface area contributed by atoms with Gasteiger partial charge in [-0.15, -0.1) is 0 Å². The topological polar surface area (TPSA) is 89.1 Å². The van der Waals surface area contributed by atoms with Crippen LogP contribution in [0.2, 0.25) is 0 Å². The summed E-state index contributed by atoms with van der Waals surface area (Å²) in [6.07, 6.45) is 1.39. The van der Waals surface area contributed by atoms with Crippen LogP contribution in [-0.2, 0) is 0 Å². The molecule has 0 radical (unpaired) electrons. The number of rotatable bonds is 2. The van der Waals surface area contributed by atoms with Crippen LogP contribution in [0, 0.1) is 5.82 Å². The van der Waals surface area contributed by atoms with Crippen molar-refractivity contribution in [2.24, 2.45) is 0 Å². The van der Waals surface area contributed by atoms with Gasteiger partial charge in [-0.25, -0.2) is 14.4 Å². The molecule has 0 aliphatic heterocycles. The molecule has 2 heterocycles. The first-order chi connectivity index (χ1) is 9.99. The smallest absolute Gasteiger partial charge is 0.278 e. The van der Waals surface area contributed by atoms with E-state index in [-0.39, 0.29) is 22.9 Å². The molecule has 0 saturated heterocycles. The summed E-state index contributed by atoms with van der Waals surface area (Å²) < 4.78 is 15.0. The van der Waals surface area contributed by atoms with Crippen molar-refractivity contribution in [3.05, 3.63) is 46.3 Å². The zero-order valence-electron chi connectivity index (χ0n) is 11.6. The van der Waals surface area contributed by atoms with E-state index in [0.29, 0.717) is 16.8 Å². The minimum Gasteiger partial charge on any atom is -0.396 e. The fourth-order valence-corrected chi connectivity index (χ4v) is 2.28. The van der Waals surface area contributed by atoms with E-state index in [1.807, 2.05) is 13.8 Å². The molecule has 7 heteroatoms. The van der Waals surface area contributed by atoms with Gasteiger partial charge in [0.2, 0.25) is 0 Å². The minimum absolute atomic E-state index is 0.0578. The predicted molar refractivity (Wildman–Crippen MR) is 77.5 cm³/mol. The maximum absolute atomic E-state index is 13.7. The number of nitrogens with zero attached hydrogens (tertiary/aromatic N) is 3. The molecule has 0 amide bonds. The van der Waals surface area contributed by atoms with E-state index in [2.05, 4.69) is 15.1 Å². The van der Waals surface area contributed by atoms with Gasteiger partial charge in [0, 0.05) is 11.1 Å². The summed E-state index contributed by atoms with van der Waals surface area (Å²) in [5, 5.41) is 2.72. The van der Waals surface area contributed by atoms with Crippen LogP contribution in [0.3, 0.4) is 0 Å². The first kappa shape index (κ1) is 13.3. The molecule has 0 aliphatic carbocycles. The van der Waals surface area contributed by atoms with Crippen LogP contribution in [0.4, 0.5) is 10.1 Å². The molecule has 108 valence electrons. The number of fused-ring (bicyclic) bond motifs is 1. The van der Waals surface area contributed by atoms with Gasteiger partial charge >= 0.3 is 0 Å². The van der Waals surface area contributed by atoms with Crippen molar-refractivity contribution in [2.45, 2.75) is 19.8 Å². The van der Waals surface area contributed by atoms with E-state index < -0.39 is 5.82 Å². The second kappa shape index (κ2) is 4.69. The molecule has 1 aromatic carbocycles. The zero-order chi connectivity index (χ0) is 15.1. The number of aromatic amines is 1. The average molecular weight is 287 g/mol. The number of H-pyrrole nitrogens is 1. The molecule has 3 N–H and O–H groups in total. The SMILES string of the molecule is CC(C)c1c(-c2ccc(N)c(F)c2)nc2nc[nH]n2c1=O. The normalized spacial score (nSPS) is 11.4. The Balaban J connectivity index is 2.37. The van der Waals surface area contributed by atoms with Gasteiger partial charge < -0.3 is 5.73 Å². The Labute approximate surface area is 119 Å². The maximum Gasteiger partial charge on any atom is 0.278 e. The third-order valence-corrected chi connectivity index (χ3v) is 3.32. The van der Waals surface area contributed by atoms with Gasteiger partial charge in [-0.05, 0) is 18.1 Å². The first-order valence-electron chi connectivity index (χ1n) is 6.50. The van der Waals surface area contributed by atoms with Crippen molar-refractivity contribution in [1.29, 1.82) is 0 Å². The Kier molecular flexibility index (Phi) is 2.97. The molecule has 0 unspecified atom stereocenters. The Bertz CT molecular complexity index is 881. The van der Waals surface area contributed by atoms with Crippen molar-refractivity contribution in [3.8, 4) is 11.3 Å². The van der Waals surface area contributed by atoms with Crippen LogP contribution < -0.4 is 11.3 Å². The maximum atomic E-state index is 13.7. The lowest BCUT2D eigenvalue weighted by Crippen LogP contribution is -2.22. The lowest BCUT2D eigenvalue weighted by molar-refractivity contribution is 0.633. The van der Waals surface area contributed by atoms with Gasteiger partial charge in [0.15, 0.2) is 0 Å². The minimum atomic E-state index is -0.536. The molecule has 0 spiro atoms. The monoisotopic (exact) mass is 287 g/mol. The summed E-state index contributed by atoms with van der Waals surface area (Å²) >= 11 is 0. The number of nitrogens with one attached hydrogen (secondary N) is 1. The second-order valence-electron chi connectivity index (χ2n) is 5.09. The molecule has 0 fully saturated rings. The lowest BCUT2D eigenvalue weighted by atomic mass is 9.98. The van der Waals surface area contributed by atoms with E-state index in [9.17, 15) is 9.18 Å². The largest absolute Gasteiger partial charge is 0.396 e. The van der Waals surface area contributed by atoms with Crippen molar-refractivity contribution >= 4 is 11.5 Å². The number of nitrogen functional groups attached to an aromatic ring is 1. The van der Waals surface area contributed by atoms with Crippen LogP contribution in [-0.4, -0.2) is 19.6 Å². The number of hydrogen-bond acceptors (Lipinski definition) is 4. The summed E-state index contributed by atoms with van der Waals surface area (Å²) in [6, 6.07) is 4.39. The number of benzene rings is 1. The van der Waals surface area contributed by atoms with Crippen LogP contribution >= 0.6 is 0 Å². The van der Waals surface area contributed by atoms with E-state index >= 15 is 0 Å². The van der Waals surface area contributed by atoms with E-state index in [1.54, 1.807) is 6.07 Å². The highest BCUT2D eigenvalue weighted by Gasteiger charge is 2.19. The average Bonchev–Trinajstić information content (AvgIpc) is 2.90. The molecule has 0 atom stereocenters. The van der Waals surface area contributed by atoms with Crippen molar-refractivity contribution in [1.82, 2.24) is 19.6 Å². The third-order valence-electron chi connectivity index (χ3n) is 3.32. The molecule has 6 nitrogen and oxygen atoms in total. The Morgan fingerprint density at radius 2 is 2.14 bits per heavy atom. The van der Waals surface area contributed by atoms with Gasteiger partial charge in [-0.2, -0.15) is 4.52 Å². The second-order valence-corrected chi connectivity index (χ2v) is 5.09. The Morgan fingerprint density at radius 1 is 1.38 bits per heavy atom. The van der Waals surface area contributed by atoms with Crippen LogP contribution in [0.5, 0.6) is 0 Å². The highest BCUT2D eigenvalue weighted by atomic mass is 19.1. The summed E-state index contributed by atoms with van der Waals surface area (Å²) in [5.41, 5.74) is 6.75. The van der Waals surface area contributed by atoms with E-state index in [4.69, 9.17) is 5.73 Å². The Morgan fingerprint density at radius 3 is 2.81 bits per heavy atom. The van der Waals surface area contributed by atoms with Gasteiger partial charge in [0.1, 0.15) is 12.1 Å². The Hall–Kier alpha value is -2.70. The fraction of sp³-hybridized carbons (Fsp3) is 0.214. The highest BCUT2D eigenvalue weighted by molar-refractivity contribution is 5.67. The molecule has 0 bridgehead atoms. The standard InChI is InChI=1S/C14H14FN5O/c1-7(2)11-12(8-3-4-10(16)9(15)5-8)19-14-17-6-18-20(14)13(11)21/h3-7H,16H2,1-2H3,(H,17,18,19). The van der Waals surface area contributed by atoms with Gasteiger partial charge in [-0.1, -0.05) is 19.9 Å². The first-order valence-corrected chi connectivity index (χ1v) is 6.50. The molecular formula is C14H14FN5O. The number of halogens is 1. The quantitative estimate of drug-likeness (QED) is 0.705. The van der Waals surface area contributed by atoms with Gasteiger partial charge in [0.25, 0.3) is 11.3 Å². The summed E-state index contributed by atoms with van der Waals surface area (Å²) in [5.74, 6) is -0.358. The van der Waals surface area contributed by atoms with Crippen LogP contribution in [0.1, 0.15) is 25.3 Å². The number of aromatic nitrogens is 4. The van der Waals surface area contributed by atoms with Crippen molar-refractivity contribution in [3.63, 3.8) is 0 Å². The zero-order valence-corrected chi connectivity index (χ0v) is 11.6. The highest BCUT2D eigenvalue weighted by Crippen LogP contribution is 2.27. The van der Waals surface area contributed by atoms with Crippen LogP contribution in [0.15, 0.2) is 29.3 Å². The van der Waals surface area contributed by atoms with Gasteiger partial charge in [0.05, 0.1) is 11.4 Å².